The van der Waals surface area contributed by atoms with Crippen molar-refractivity contribution in [3.05, 3.63) is 110 Å². The van der Waals surface area contributed by atoms with Gasteiger partial charge < -0.3 is 15.0 Å². The summed E-state index contributed by atoms with van der Waals surface area (Å²) in [7, 11) is 0. The number of rotatable bonds is 8. The highest BCUT2D eigenvalue weighted by Gasteiger charge is 2.29. The number of carbonyl (C=O) groups excluding carboxylic acids is 3. The van der Waals surface area contributed by atoms with Gasteiger partial charge in [0.05, 0.1) is 22.8 Å². The second-order valence-electron chi connectivity index (χ2n) is 13.2. The smallest absolute Gasteiger partial charge is 0.410 e. The number of aldehydes is 1. The Morgan fingerprint density at radius 1 is 1.04 bits per heavy atom. The van der Waals surface area contributed by atoms with Gasteiger partial charge in [0.2, 0.25) is 5.91 Å². The fourth-order valence-corrected chi connectivity index (χ4v) is 6.60. The van der Waals surface area contributed by atoms with E-state index in [2.05, 4.69) is 15.3 Å². The van der Waals surface area contributed by atoms with E-state index in [0.717, 1.165) is 27.8 Å². The summed E-state index contributed by atoms with van der Waals surface area (Å²) < 4.78 is 7.00. The second kappa shape index (κ2) is 14.0. The Hall–Kier alpha value is -5.06. The third-order valence-electron chi connectivity index (χ3n) is 8.54. The van der Waals surface area contributed by atoms with Crippen molar-refractivity contribution in [3.8, 4) is 33.5 Å². The maximum absolute atomic E-state index is 13.2. The molecule has 10 nitrogen and oxygen atoms in total. The zero-order chi connectivity index (χ0) is 35.7. The van der Waals surface area contributed by atoms with Gasteiger partial charge in [0.15, 0.2) is 6.29 Å². The normalized spacial score (nSPS) is 14.4. The summed E-state index contributed by atoms with van der Waals surface area (Å²) >= 11 is 13.8. The maximum Gasteiger partial charge on any atom is 0.410 e. The van der Waals surface area contributed by atoms with Crippen molar-refractivity contribution >= 4 is 47.1 Å². The van der Waals surface area contributed by atoms with E-state index < -0.39 is 17.3 Å². The number of benzene rings is 2. The van der Waals surface area contributed by atoms with Gasteiger partial charge in [-0.05, 0) is 74.6 Å². The lowest BCUT2D eigenvalue weighted by Gasteiger charge is -2.29. The molecule has 5 aromatic rings. The molecule has 3 aromatic heterocycles. The van der Waals surface area contributed by atoms with Crippen LogP contribution in [-0.2, 0) is 16.1 Å². The van der Waals surface area contributed by atoms with Gasteiger partial charge in [-0.25, -0.2) is 14.8 Å². The van der Waals surface area contributed by atoms with Crippen LogP contribution in [0, 0.1) is 6.92 Å². The molecule has 1 N–H and O–H groups in total. The van der Waals surface area contributed by atoms with Gasteiger partial charge in [-0.15, -0.1) is 0 Å². The fourth-order valence-electron chi connectivity index (χ4n) is 6.06. The zero-order valence-corrected chi connectivity index (χ0v) is 29.5. The number of nitrogens with zero attached hydrogens (tertiary/aromatic N) is 4. The van der Waals surface area contributed by atoms with Crippen LogP contribution in [0.15, 0.2) is 77.9 Å². The Morgan fingerprint density at radius 3 is 2.44 bits per heavy atom. The van der Waals surface area contributed by atoms with Crippen molar-refractivity contribution < 1.29 is 19.1 Å². The third kappa shape index (κ3) is 7.27. The van der Waals surface area contributed by atoms with Gasteiger partial charge in [0, 0.05) is 48.1 Å². The summed E-state index contributed by atoms with van der Waals surface area (Å²) in [5.41, 5.74) is 5.60. The minimum Gasteiger partial charge on any atom is -0.444 e. The summed E-state index contributed by atoms with van der Waals surface area (Å²) in [6, 6.07) is 18.7. The molecule has 0 spiro atoms. The molecule has 6 rings (SSSR count). The van der Waals surface area contributed by atoms with Gasteiger partial charge in [-0.1, -0.05) is 65.7 Å². The van der Waals surface area contributed by atoms with Crippen LogP contribution in [0.25, 0.3) is 39.2 Å². The molecule has 0 radical (unpaired) electrons. The quantitative estimate of drug-likeness (QED) is 0.130. The Bertz CT molecular complexity index is 2210. The first kappa shape index (κ1) is 34.8. The van der Waals surface area contributed by atoms with Crippen LogP contribution in [0.5, 0.6) is 0 Å². The first-order valence-electron chi connectivity index (χ1n) is 16.1. The van der Waals surface area contributed by atoms with E-state index in [1.54, 1.807) is 37.9 Å². The average molecular weight is 713 g/mol. The molecular weight excluding hydrogens is 677 g/mol. The number of nitrogens with one attached hydrogen (secondary N) is 1. The Kier molecular flexibility index (Phi) is 9.78. The molecular formula is C38H35Cl2N5O5. The number of ether oxygens (including phenoxy) is 1. The summed E-state index contributed by atoms with van der Waals surface area (Å²) in [5, 5.41) is 3.62. The molecule has 2 aromatic carbocycles. The second-order valence-corrected chi connectivity index (χ2v) is 14.0. The van der Waals surface area contributed by atoms with E-state index in [9.17, 15) is 19.2 Å². The molecule has 1 aliphatic heterocycles. The maximum atomic E-state index is 13.2. The van der Waals surface area contributed by atoms with E-state index in [-0.39, 0.29) is 35.8 Å². The van der Waals surface area contributed by atoms with Crippen LogP contribution in [0.4, 0.5) is 4.79 Å². The highest BCUT2D eigenvalue weighted by molar-refractivity contribution is 6.36. The highest BCUT2D eigenvalue weighted by Crippen LogP contribution is 2.40. The van der Waals surface area contributed by atoms with Crippen LogP contribution in [0.2, 0.25) is 10.2 Å². The molecule has 1 aliphatic rings. The summed E-state index contributed by atoms with van der Waals surface area (Å²) in [5.74, 6) is -0.0386. The van der Waals surface area contributed by atoms with Gasteiger partial charge >= 0.3 is 6.09 Å². The number of carbonyl (C=O) groups is 3. The van der Waals surface area contributed by atoms with E-state index in [1.807, 2.05) is 61.5 Å². The SMILES string of the molecule is Cc1c(-c2ccn3c(=O)c(C=O)cnc3c2)cccc1-c1cccc(-c2ccc(CN(C[C@@H]3CCC(=O)N3)C(=O)OC(C)(C)C)c(Cl)n2)c1Cl. The topological polar surface area (TPSA) is 123 Å². The number of hydrogen-bond acceptors (Lipinski definition) is 7. The van der Waals surface area contributed by atoms with Crippen LogP contribution in [0.1, 0.15) is 55.1 Å². The number of pyridine rings is 2. The minimum absolute atomic E-state index is 0.00764. The number of halogens is 2. The zero-order valence-electron chi connectivity index (χ0n) is 28.0. The Balaban J connectivity index is 1.29. The molecule has 0 unspecified atom stereocenters. The van der Waals surface area contributed by atoms with Gasteiger partial charge in [-0.2, -0.15) is 0 Å². The summed E-state index contributed by atoms with van der Waals surface area (Å²) in [4.78, 5) is 59.3. The van der Waals surface area contributed by atoms with Crippen molar-refractivity contribution in [1.82, 2.24) is 24.6 Å². The first-order chi connectivity index (χ1) is 23.8. The van der Waals surface area contributed by atoms with Crippen LogP contribution in [0.3, 0.4) is 0 Å². The number of fused-ring (bicyclic) bond motifs is 1. The summed E-state index contributed by atoms with van der Waals surface area (Å²) in [6.07, 6.45) is 3.94. The fraction of sp³-hybridized carbons (Fsp3) is 0.263. The molecule has 12 heteroatoms. The molecule has 1 fully saturated rings. The van der Waals surface area contributed by atoms with Crippen molar-refractivity contribution in [2.24, 2.45) is 0 Å². The minimum atomic E-state index is -0.699. The van der Waals surface area contributed by atoms with E-state index >= 15 is 0 Å². The van der Waals surface area contributed by atoms with Crippen LogP contribution >= 0.6 is 23.2 Å². The largest absolute Gasteiger partial charge is 0.444 e. The molecule has 1 saturated heterocycles. The molecule has 1 atom stereocenters. The Morgan fingerprint density at radius 2 is 1.76 bits per heavy atom. The lowest BCUT2D eigenvalue weighted by Crippen LogP contribution is -2.43. The van der Waals surface area contributed by atoms with Gasteiger partial charge in [0.25, 0.3) is 5.56 Å². The van der Waals surface area contributed by atoms with Crippen molar-refractivity contribution in [3.63, 3.8) is 0 Å². The molecule has 2 amide bonds. The van der Waals surface area contributed by atoms with Crippen LogP contribution < -0.4 is 10.9 Å². The number of aromatic nitrogens is 3. The molecule has 0 aliphatic carbocycles. The predicted molar refractivity (Wildman–Crippen MR) is 194 cm³/mol. The lowest BCUT2D eigenvalue weighted by molar-refractivity contribution is -0.119. The monoisotopic (exact) mass is 711 g/mol. The number of amides is 2. The molecule has 256 valence electrons. The predicted octanol–water partition coefficient (Wildman–Crippen LogP) is 7.53. The van der Waals surface area contributed by atoms with E-state index in [0.29, 0.717) is 46.6 Å². The molecule has 50 heavy (non-hydrogen) atoms. The van der Waals surface area contributed by atoms with Gasteiger partial charge in [-0.3, -0.25) is 18.8 Å². The standard InChI is InChI=1S/C38H35Cl2N5O5/c1-22-27(23-15-16-45-32(17-23)41-18-25(21-46)36(45)48)7-5-8-28(22)29-9-6-10-30(34(29)39)31-13-11-24(35(40)43-31)19-44(37(49)50-38(2,3)4)20-26-12-14-33(47)42-26/h5-11,13,15-18,21,26H,12,14,19-20H2,1-4H3,(H,42,47)/t26-/m0/s1. The van der Waals surface area contributed by atoms with Crippen molar-refractivity contribution in [2.75, 3.05) is 6.54 Å². The third-order valence-corrected chi connectivity index (χ3v) is 9.27. The average Bonchev–Trinajstić information content (AvgIpc) is 3.49. The highest BCUT2D eigenvalue weighted by atomic mass is 35.5. The van der Waals surface area contributed by atoms with E-state index in [4.69, 9.17) is 27.9 Å². The lowest BCUT2D eigenvalue weighted by atomic mass is 9.92. The number of hydrogen-bond donors (Lipinski definition) is 1. The van der Waals surface area contributed by atoms with Crippen molar-refractivity contribution in [1.29, 1.82) is 0 Å². The van der Waals surface area contributed by atoms with E-state index in [1.165, 1.54) is 10.6 Å². The molecule has 0 saturated carbocycles. The molecule has 4 heterocycles. The molecule has 0 bridgehead atoms. The van der Waals surface area contributed by atoms with Crippen LogP contribution in [-0.4, -0.2) is 55.7 Å². The Labute approximate surface area is 299 Å². The summed E-state index contributed by atoms with van der Waals surface area (Å²) in [6.45, 7) is 7.83. The van der Waals surface area contributed by atoms with Gasteiger partial charge in [0.1, 0.15) is 16.4 Å². The van der Waals surface area contributed by atoms with Crippen molar-refractivity contribution in [2.45, 2.75) is 58.7 Å². The first-order valence-corrected chi connectivity index (χ1v) is 16.9.